The first kappa shape index (κ1) is 17.4. The summed E-state index contributed by atoms with van der Waals surface area (Å²) in [4.78, 5) is 8.18. The summed E-state index contributed by atoms with van der Waals surface area (Å²) in [6, 6.07) is 10.8. The molecule has 2 aromatic carbocycles. The number of para-hydroxylation sites is 2. The molecule has 0 saturated carbocycles. The number of hydrogen-bond acceptors (Lipinski definition) is 6. The highest BCUT2D eigenvalue weighted by molar-refractivity contribution is 5.81. The van der Waals surface area contributed by atoms with Gasteiger partial charge in [0.05, 0.1) is 12.3 Å². The number of aromatic nitrogens is 2. The summed E-state index contributed by atoms with van der Waals surface area (Å²) in [5.41, 5.74) is 7.35. The van der Waals surface area contributed by atoms with Gasteiger partial charge in [0.15, 0.2) is 23.3 Å². The normalized spacial score (nSPS) is 10.4. The van der Waals surface area contributed by atoms with Crippen LogP contribution in [0.5, 0.6) is 5.75 Å². The molecule has 4 N–H and O–H groups in total. The molecule has 3 aromatic rings. The van der Waals surface area contributed by atoms with Crippen molar-refractivity contribution in [3.63, 3.8) is 0 Å². The highest BCUT2D eigenvalue weighted by atomic mass is 19.2. The molecule has 1 heterocycles. The number of nitrogens with zero attached hydrogens (tertiary/aromatic N) is 2. The third kappa shape index (κ3) is 3.80. The SMILES string of the molecule is CCOc1ccccc1Nc1ncnc(Nc2ccc(F)c(F)c2)c1N. The van der Waals surface area contributed by atoms with Gasteiger partial charge in [0.25, 0.3) is 0 Å². The van der Waals surface area contributed by atoms with Crippen LogP contribution in [0.2, 0.25) is 0 Å². The Bertz CT molecular complexity index is 920. The predicted molar refractivity (Wildman–Crippen MR) is 97.0 cm³/mol. The van der Waals surface area contributed by atoms with Crippen LogP contribution in [-0.4, -0.2) is 16.6 Å². The molecule has 0 spiro atoms. The molecule has 0 aliphatic carbocycles. The summed E-state index contributed by atoms with van der Waals surface area (Å²) in [7, 11) is 0. The molecule has 0 atom stereocenters. The first-order chi connectivity index (χ1) is 12.6. The third-order valence-corrected chi connectivity index (χ3v) is 3.51. The van der Waals surface area contributed by atoms with Gasteiger partial charge in [0.2, 0.25) is 0 Å². The second-order valence-corrected chi connectivity index (χ2v) is 5.29. The lowest BCUT2D eigenvalue weighted by Crippen LogP contribution is -2.06. The van der Waals surface area contributed by atoms with E-state index in [0.29, 0.717) is 29.5 Å². The molecule has 8 heteroatoms. The van der Waals surface area contributed by atoms with Gasteiger partial charge in [-0.05, 0) is 31.2 Å². The fraction of sp³-hybridized carbons (Fsp3) is 0.111. The topological polar surface area (TPSA) is 85.1 Å². The van der Waals surface area contributed by atoms with E-state index in [2.05, 4.69) is 20.6 Å². The molecule has 0 aliphatic heterocycles. The van der Waals surface area contributed by atoms with E-state index < -0.39 is 11.6 Å². The Kier molecular flexibility index (Phi) is 5.12. The Balaban J connectivity index is 1.86. The Labute approximate surface area is 149 Å². The predicted octanol–water partition coefficient (Wildman–Crippen LogP) is 4.22. The van der Waals surface area contributed by atoms with Crippen molar-refractivity contribution in [1.29, 1.82) is 0 Å². The van der Waals surface area contributed by atoms with E-state index in [9.17, 15) is 8.78 Å². The Morgan fingerprint density at radius 1 is 1.00 bits per heavy atom. The van der Waals surface area contributed by atoms with Crippen LogP contribution in [0.1, 0.15) is 6.92 Å². The highest BCUT2D eigenvalue weighted by Crippen LogP contribution is 2.32. The molecule has 0 fully saturated rings. The molecule has 0 bridgehead atoms. The number of rotatable bonds is 6. The van der Waals surface area contributed by atoms with Crippen LogP contribution in [0.3, 0.4) is 0 Å². The van der Waals surface area contributed by atoms with E-state index in [1.54, 1.807) is 0 Å². The number of halogens is 2. The molecule has 1 aromatic heterocycles. The summed E-state index contributed by atoms with van der Waals surface area (Å²) in [6.07, 6.45) is 1.31. The smallest absolute Gasteiger partial charge is 0.160 e. The van der Waals surface area contributed by atoms with E-state index in [1.807, 2.05) is 31.2 Å². The van der Waals surface area contributed by atoms with Crippen molar-refractivity contribution < 1.29 is 13.5 Å². The van der Waals surface area contributed by atoms with Crippen LogP contribution < -0.4 is 21.1 Å². The van der Waals surface area contributed by atoms with Crippen molar-refractivity contribution in [2.45, 2.75) is 6.92 Å². The van der Waals surface area contributed by atoms with Crippen molar-refractivity contribution in [2.24, 2.45) is 0 Å². The van der Waals surface area contributed by atoms with Gasteiger partial charge in [0.1, 0.15) is 17.8 Å². The minimum absolute atomic E-state index is 0.225. The van der Waals surface area contributed by atoms with E-state index >= 15 is 0 Å². The van der Waals surface area contributed by atoms with Gasteiger partial charge >= 0.3 is 0 Å². The quantitative estimate of drug-likeness (QED) is 0.612. The number of ether oxygens (including phenoxy) is 1. The average molecular weight is 357 g/mol. The van der Waals surface area contributed by atoms with Crippen LogP contribution in [0.25, 0.3) is 0 Å². The fourth-order valence-corrected chi connectivity index (χ4v) is 2.28. The maximum Gasteiger partial charge on any atom is 0.160 e. The lowest BCUT2D eigenvalue weighted by atomic mass is 10.2. The van der Waals surface area contributed by atoms with Crippen molar-refractivity contribution in [3.8, 4) is 5.75 Å². The zero-order chi connectivity index (χ0) is 18.5. The van der Waals surface area contributed by atoms with Crippen molar-refractivity contribution in [2.75, 3.05) is 23.0 Å². The lowest BCUT2D eigenvalue weighted by Gasteiger charge is -2.15. The molecule has 6 nitrogen and oxygen atoms in total. The van der Waals surface area contributed by atoms with Gasteiger partial charge in [-0.3, -0.25) is 0 Å². The standard InChI is InChI=1S/C18H17F2N5O/c1-2-26-15-6-4-3-5-14(15)25-18-16(21)17(22-10-23-18)24-11-7-8-12(19)13(20)9-11/h3-10H,2,21H2,1H3,(H2,22,23,24,25). The van der Waals surface area contributed by atoms with Crippen molar-refractivity contribution in [1.82, 2.24) is 9.97 Å². The number of hydrogen-bond donors (Lipinski definition) is 3. The lowest BCUT2D eigenvalue weighted by molar-refractivity contribution is 0.342. The summed E-state index contributed by atoms with van der Waals surface area (Å²) in [6.45, 7) is 2.40. The van der Waals surface area contributed by atoms with Crippen LogP contribution in [0.4, 0.5) is 37.5 Å². The summed E-state index contributed by atoms with van der Waals surface area (Å²) >= 11 is 0. The zero-order valence-corrected chi connectivity index (χ0v) is 14.0. The number of nitrogen functional groups attached to an aromatic ring is 1. The van der Waals surface area contributed by atoms with Crippen molar-refractivity contribution >= 4 is 28.7 Å². The molecule has 0 radical (unpaired) electrons. The Hall–Kier alpha value is -3.42. The number of nitrogens with one attached hydrogen (secondary N) is 2. The second kappa shape index (κ2) is 7.64. The summed E-state index contributed by atoms with van der Waals surface area (Å²) in [5, 5.41) is 5.95. The van der Waals surface area contributed by atoms with Crippen LogP contribution in [0, 0.1) is 11.6 Å². The zero-order valence-electron chi connectivity index (χ0n) is 14.0. The fourth-order valence-electron chi connectivity index (χ4n) is 2.28. The number of nitrogens with two attached hydrogens (primary N) is 1. The largest absolute Gasteiger partial charge is 0.492 e. The minimum atomic E-state index is -0.966. The monoisotopic (exact) mass is 357 g/mol. The number of benzene rings is 2. The third-order valence-electron chi connectivity index (χ3n) is 3.51. The number of anilines is 5. The molecular weight excluding hydrogens is 340 g/mol. The molecule has 0 amide bonds. The van der Waals surface area contributed by atoms with Gasteiger partial charge in [-0.15, -0.1) is 0 Å². The van der Waals surface area contributed by atoms with E-state index in [4.69, 9.17) is 10.5 Å². The van der Waals surface area contributed by atoms with Gasteiger partial charge in [0, 0.05) is 11.8 Å². The second-order valence-electron chi connectivity index (χ2n) is 5.29. The highest BCUT2D eigenvalue weighted by Gasteiger charge is 2.12. The summed E-state index contributed by atoms with van der Waals surface area (Å²) < 4.78 is 32.0. The summed E-state index contributed by atoms with van der Waals surface area (Å²) in [5.74, 6) is -0.615. The van der Waals surface area contributed by atoms with Crippen LogP contribution in [0.15, 0.2) is 48.8 Å². The average Bonchev–Trinajstić information content (AvgIpc) is 2.63. The van der Waals surface area contributed by atoms with Crippen LogP contribution in [-0.2, 0) is 0 Å². The van der Waals surface area contributed by atoms with Gasteiger partial charge in [-0.25, -0.2) is 18.7 Å². The molecule has 0 saturated heterocycles. The van der Waals surface area contributed by atoms with Gasteiger partial charge in [-0.2, -0.15) is 0 Å². The minimum Gasteiger partial charge on any atom is -0.492 e. The first-order valence-electron chi connectivity index (χ1n) is 7.90. The van der Waals surface area contributed by atoms with E-state index in [-0.39, 0.29) is 11.5 Å². The molecule has 3 rings (SSSR count). The Morgan fingerprint density at radius 2 is 1.73 bits per heavy atom. The van der Waals surface area contributed by atoms with Crippen LogP contribution >= 0.6 is 0 Å². The van der Waals surface area contributed by atoms with E-state index in [0.717, 1.165) is 12.1 Å². The molecular formula is C18H17F2N5O. The molecule has 0 aliphatic rings. The Morgan fingerprint density at radius 3 is 2.46 bits per heavy atom. The molecule has 134 valence electrons. The molecule has 0 unspecified atom stereocenters. The maximum absolute atomic E-state index is 13.4. The van der Waals surface area contributed by atoms with Gasteiger partial charge in [-0.1, -0.05) is 12.1 Å². The molecule has 26 heavy (non-hydrogen) atoms. The van der Waals surface area contributed by atoms with E-state index in [1.165, 1.54) is 12.4 Å². The first-order valence-corrected chi connectivity index (χ1v) is 7.90. The van der Waals surface area contributed by atoms with Gasteiger partial charge < -0.3 is 21.1 Å². The maximum atomic E-state index is 13.4. The van der Waals surface area contributed by atoms with Crippen molar-refractivity contribution in [3.05, 3.63) is 60.4 Å².